The van der Waals surface area contributed by atoms with Crippen LogP contribution in [0.1, 0.15) is 13.8 Å². The molecule has 0 aliphatic heterocycles. The summed E-state index contributed by atoms with van der Waals surface area (Å²) in [6, 6.07) is 0. The molecule has 0 saturated heterocycles. The first-order chi connectivity index (χ1) is 4.41. The fourth-order valence-electron chi connectivity index (χ4n) is 0.472. The first kappa shape index (κ1) is 9.39. The molecule has 0 unspecified atom stereocenters. The molecule has 1 atom stereocenters. The minimum Gasteiger partial charge on any atom is -0.396 e. The van der Waals surface area contributed by atoms with E-state index in [0.717, 1.165) is 0 Å². The maximum Gasteiger partial charge on any atom is 0.246 e. The van der Waals surface area contributed by atoms with E-state index in [2.05, 4.69) is 0 Å². The van der Waals surface area contributed by atoms with Crippen LogP contribution in [0, 0.1) is 5.41 Å². The Bertz CT molecular complexity index is 133. The van der Waals surface area contributed by atoms with Gasteiger partial charge >= 0.3 is 0 Å². The normalized spacial score (nSPS) is 14.8. The van der Waals surface area contributed by atoms with Gasteiger partial charge in [0, 0.05) is 5.41 Å². The summed E-state index contributed by atoms with van der Waals surface area (Å²) in [5.74, 6) is -0.806. The summed E-state index contributed by atoms with van der Waals surface area (Å²) in [5.41, 5.74) is 3.96. The standard InChI is InChI=1S/C6H13NO3/c1-6(2,3-8)4(9)5(7)10/h4,8-9H,3H2,1-2H3,(H2,7,10)/t4-/m1/s1. The van der Waals surface area contributed by atoms with Crippen LogP contribution in [0.3, 0.4) is 0 Å². The zero-order valence-electron chi connectivity index (χ0n) is 6.16. The van der Waals surface area contributed by atoms with E-state index in [1.54, 1.807) is 13.8 Å². The smallest absolute Gasteiger partial charge is 0.246 e. The SMILES string of the molecule is CC(C)(CO)[C@H](O)C(N)=O. The van der Waals surface area contributed by atoms with Crippen molar-refractivity contribution >= 4 is 5.91 Å². The van der Waals surface area contributed by atoms with Crippen molar-refractivity contribution < 1.29 is 15.0 Å². The van der Waals surface area contributed by atoms with Crippen molar-refractivity contribution in [2.24, 2.45) is 11.1 Å². The highest BCUT2D eigenvalue weighted by Crippen LogP contribution is 2.18. The van der Waals surface area contributed by atoms with Crippen molar-refractivity contribution in [3.8, 4) is 0 Å². The van der Waals surface area contributed by atoms with E-state index >= 15 is 0 Å². The molecule has 4 nitrogen and oxygen atoms in total. The molecule has 0 saturated carbocycles. The molecule has 0 radical (unpaired) electrons. The van der Waals surface area contributed by atoms with E-state index in [0.29, 0.717) is 0 Å². The second-order valence-corrected chi connectivity index (χ2v) is 2.95. The van der Waals surface area contributed by atoms with Crippen molar-refractivity contribution in [2.75, 3.05) is 6.61 Å². The Balaban J connectivity index is 4.17. The van der Waals surface area contributed by atoms with Gasteiger partial charge in [-0.3, -0.25) is 4.79 Å². The maximum absolute atomic E-state index is 10.4. The van der Waals surface area contributed by atoms with Crippen molar-refractivity contribution in [1.29, 1.82) is 0 Å². The summed E-state index contributed by atoms with van der Waals surface area (Å²) in [6.45, 7) is 2.85. The van der Waals surface area contributed by atoms with Gasteiger partial charge in [-0.2, -0.15) is 0 Å². The number of primary amides is 1. The van der Waals surface area contributed by atoms with Crippen LogP contribution in [0.2, 0.25) is 0 Å². The molecule has 0 aliphatic carbocycles. The highest BCUT2D eigenvalue weighted by atomic mass is 16.3. The van der Waals surface area contributed by atoms with Crippen LogP contribution in [-0.2, 0) is 4.79 Å². The van der Waals surface area contributed by atoms with Gasteiger partial charge < -0.3 is 15.9 Å². The van der Waals surface area contributed by atoms with Crippen molar-refractivity contribution in [2.45, 2.75) is 20.0 Å². The van der Waals surface area contributed by atoms with E-state index in [1.165, 1.54) is 0 Å². The lowest BCUT2D eigenvalue weighted by molar-refractivity contribution is -0.133. The van der Waals surface area contributed by atoms with Crippen LogP contribution in [0.25, 0.3) is 0 Å². The summed E-state index contributed by atoms with van der Waals surface area (Å²) in [7, 11) is 0. The molecule has 60 valence electrons. The lowest BCUT2D eigenvalue weighted by Crippen LogP contribution is -2.42. The number of amides is 1. The summed E-state index contributed by atoms with van der Waals surface area (Å²) < 4.78 is 0. The Hall–Kier alpha value is -0.610. The summed E-state index contributed by atoms with van der Waals surface area (Å²) in [5, 5.41) is 17.7. The van der Waals surface area contributed by atoms with Gasteiger partial charge in [-0.1, -0.05) is 13.8 Å². The number of carbonyl (C=O) groups excluding carboxylic acids is 1. The number of rotatable bonds is 3. The minimum atomic E-state index is -1.28. The van der Waals surface area contributed by atoms with Gasteiger partial charge in [-0.15, -0.1) is 0 Å². The van der Waals surface area contributed by atoms with E-state index in [1.807, 2.05) is 0 Å². The van der Waals surface area contributed by atoms with Gasteiger partial charge in [0.1, 0.15) is 6.10 Å². The van der Waals surface area contributed by atoms with Gasteiger partial charge in [0.25, 0.3) is 0 Å². The first-order valence-electron chi connectivity index (χ1n) is 3.00. The minimum absolute atomic E-state index is 0.267. The van der Waals surface area contributed by atoms with Crippen molar-refractivity contribution in [1.82, 2.24) is 0 Å². The quantitative estimate of drug-likeness (QED) is 0.471. The van der Waals surface area contributed by atoms with Gasteiger partial charge in [0.15, 0.2) is 0 Å². The van der Waals surface area contributed by atoms with Crippen LogP contribution in [0.15, 0.2) is 0 Å². The molecule has 10 heavy (non-hydrogen) atoms. The predicted molar refractivity (Wildman–Crippen MR) is 36.1 cm³/mol. The Morgan fingerprint density at radius 1 is 1.70 bits per heavy atom. The second kappa shape index (κ2) is 2.98. The third-order valence-electron chi connectivity index (χ3n) is 1.42. The Kier molecular flexibility index (Phi) is 2.80. The highest BCUT2D eigenvalue weighted by molar-refractivity contribution is 5.79. The maximum atomic E-state index is 10.4. The molecule has 1 amide bonds. The predicted octanol–water partition coefficient (Wildman–Crippen LogP) is -1.15. The molecule has 0 aliphatic rings. The van der Waals surface area contributed by atoms with E-state index in [9.17, 15) is 4.79 Å². The Labute approximate surface area is 59.7 Å². The van der Waals surface area contributed by atoms with Gasteiger partial charge in [0.05, 0.1) is 6.61 Å². The van der Waals surface area contributed by atoms with E-state index in [-0.39, 0.29) is 6.61 Å². The lowest BCUT2D eigenvalue weighted by Gasteiger charge is -2.25. The second-order valence-electron chi connectivity index (χ2n) is 2.95. The largest absolute Gasteiger partial charge is 0.396 e. The van der Waals surface area contributed by atoms with Gasteiger partial charge in [-0.05, 0) is 0 Å². The van der Waals surface area contributed by atoms with Crippen molar-refractivity contribution in [3.63, 3.8) is 0 Å². The third-order valence-corrected chi connectivity index (χ3v) is 1.42. The van der Waals surface area contributed by atoms with Crippen LogP contribution < -0.4 is 5.73 Å². The van der Waals surface area contributed by atoms with Crippen LogP contribution in [0.4, 0.5) is 0 Å². The summed E-state index contributed by atoms with van der Waals surface area (Å²) in [6.07, 6.45) is -1.28. The van der Waals surface area contributed by atoms with Crippen LogP contribution in [-0.4, -0.2) is 28.8 Å². The highest BCUT2D eigenvalue weighted by Gasteiger charge is 2.31. The molecule has 4 heteroatoms. The van der Waals surface area contributed by atoms with Crippen molar-refractivity contribution in [3.05, 3.63) is 0 Å². The van der Waals surface area contributed by atoms with E-state index < -0.39 is 17.4 Å². The fourth-order valence-corrected chi connectivity index (χ4v) is 0.472. The van der Waals surface area contributed by atoms with E-state index in [4.69, 9.17) is 15.9 Å². The molecule has 0 rings (SSSR count). The van der Waals surface area contributed by atoms with Crippen LogP contribution in [0.5, 0.6) is 0 Å². The fraction of sp³-hybridized carbons (Fsp3) is 0.833. The molecule has 0 aromatic heterocycles. The number of aliphatic hydroxyl groups is 2. The number of nitrogens with two attached hydrogens (primary N) is 1. The topological polar surface area (TPSA) is 83.6 Å². The Morgan fingerprint density at radius 3 is 2.20 bits per heavy atom. The molecule has 0 spiro atoms. The average Bonchev–Trinajstić information content (AvgIpc) is 1.86. The number of hydrogen-bond donors (Lipinski definition) is 3. The zero-order valence-corrected chi connectivity index (χ0v) is 6.16. The number of carbonyl (C=O) groups is 1. The molecular weight excluding hydrogens is 134 g/mol. The lowest BCUT2D eigenvalue weighted by atomic mass is 9.87. The molecule has 0 bridgehead atoms. The number of hydrogen-bond acceptors (Lipinski definition) is 3. The summed E-state index contributed by atoms with van der Waals surface area (Å²) >= 11 is 0. The zero-order chi connectivity index (χ0) is 8.36. The number of aliphatic hydroxyl groups excluding tert-OH is 2. The third kappa shape index (κ3) is 1.97. The molecule has 0 aromatic rings. The van der Waals surface area contributed by atoms with Gasteiger partial charge in [-0.25, -0.2) is 0 Å². The first-order valence-corrected chi connectivity index (χ1v) is 3.00. The Morgan fingerprint density at radius 2 is 2.10 bits per heavy atom. The summed E-state index contributed by atoms with van der Waals surface area (Å²) in [4.78, 5) is 10.4. The average molecular weight is 147 g/mol. The molecular formula is C6H13NO3. The van der Waals surface area contributed by atoms with Crippen LogP contribution >= 0.6 is 0 Å². The molecule has 4 N–H and O–H groups in total. The molecule has 0 fully saturated rings. The monoisotopic (exact) mass is 147 g/mol. The molecule has 0 aromatic carbocycles. The van der Waals surface area contributed by atoms with Gasteiger partial charge in [0.2, 0.25) is 5.91 Å². The molecule has 0 heterocycles.